The Kier molecular flexibility index (Phi) is 11.6. The fraction of sp³-hybridized carbons (Fsp3) is 0.0217. The molecule has 6 rings (SSSR count). The molecule has 6 aromatic carbocycles. The molecule has 0 aliphatic carbocycles. The van der Waals surface area contributed by atoms with Crippen molar-refractivity contribution in [3.63, 3.8) is 0 Å². The SMILES string of the molecule is C=CC(=O)OCOc1ccc(-c2ccc(N(c3ccc(-c4ccc(OC(=O)C=C)cc4)cc3)c3ccc(-c4ccc(OC(=O)C=C)cc4)cc3)cc2)cc1. The molecule has 0 saturated carbocycles. The van der Waals surface area contributed by atoms with Crippen molar-refractivity contribution in [2.45, 2.75) is 0 Å². The molecule has 8 heteroatoms. The number of carbonyl (C=O) groups excluding carboxylic acids is 3. The number of rotatable bonds is 14. The zero-order chi connectivity index (χ0) is 37.9. The maximum Gasteiger partial charge on any atom is 0.335 e. The van der Waals surface area contributed by atoms with Crippen LogP contribution in [0, 0.1) is 0 Å². The quantitative estimate of drug-likeness (QED) is 0.0477. The molecule has 8 nitrogen and oxygen atoms in total. The lowest BCUT2D eigenvalue weighted by Crippen LogP contribution is -2.09. The Bertz CT molecular complexity index is 2150. The highest BCUT2D eigenvalue weighted by Gasteiger charge is 2.14. The fourth-order valence-corrected chi connectivity index (χ4v) is 5.56. The molecule has 0 heterocycles. The maximum atomic E-state index is 11.6. The van der Waals surface area contributed by atoms with Crippen LogP contribution in [0.15, 0.2) is 184 Å². The van der Waals surface area contributed by atoms with Crippen molar-refractivity contribution in [3.8, 4) is 50.6 Å². The summed E-state index contributed by atoms with van der Waals surface area (Å²) < 4.78 is 20.8. The molecular formula is C46H35NO7. The van der Waals surface area contributed by atoms with Crippen molar-refractivity contribution in [2.24, 2.45) is 0 Å². The summed E-state index contributed by atoms with van der Waals surface area (Å²) in [4.78, 5) is 36.6. The van der Waals surface area contributed by atoms with Gasteiger partial charge in [-0.1, -0.05) is 92.5 Å². The summed E-state index contributed by atoms with van der Waals surface area (Å²) in [6, 6.07) is 46.9. The normalized spacial score (nSPS) is 10.4. The van der Waals surface area contributed by atoms with Gasteiger partial charge in [-0.15, -0.1) is 0 Å². The number of esters is 3. The van der Waals surface area contributed by atoms with E-state index >= 15 is 0 Å². The van der Waals surface area contributed by atoms with E-state index in [-0.39, 0.29) is 6.79 Å². The maximum absolute atomic E-state index is 11.6. The van der Waals surface area contributed by atoms with Gasteiger partial charge >= 0.3 is 17.9 Å². The zero-order valence-electron chi connectivity index (χ0n) is 29.2. The third-order valence-electron chi connectivity index (χ3n) is 8.30. The Labute approximate surface area is 313 Å². The van der Waals surface area contributed by atoms with Crippen LogP contribution in [-0.2, 0) is 19.1 Å². The van der Waals surface area contributed by atoms with Gasteiger partial charge in [-0.2, -0.15) is 0 Å². The van der Waals surface area contributed by atoms with E-state index in [1.807, 2.05) is 48.5 Å². The predicted molar refractivity (Wildman–Crippen MR) is 211 cm³/mol. The van der Waals surface area contributed by atoms with E-state index < -0.39 is 17.9 Å². The van der Waals surface area contributed by atoms with E-state index in [2.05, 4.69) is 97.4 Å². The first kappa shape index (κ1) is 36.3. The van der Waals surface area contributed by atoms with Gasteiger partial charge in [0.1, 0.15) is 17.2 Å². The fourth-order valence-electron chi connectivity index (χ4n) is 5.56. The molecule has 266 valence electrons. The van der Waals surface area contributed by atoms with Crippen molar-refractivity contribution in [1.82, 2.24) is 0 Å². The van der Waals surface area contributed by atoms with Crippen LogP contribution in [0.25, 0.3) is 33.4 Å². The van der Waals surface area contributed by atoms with Gasteiger partial charge in [0.25, 0.3) is 0 Å². The van der Waals surface area contributed by atoms with E-state index in [0.717, 1.165) is 68.7 Å². The second kappa shape index (κ2) is 17.2. The number of anilines is 3. The molecule has 0 aliphatic rings. The molecule has 0 aromatic heterocycles. The first-order valence-corrected chi connectivity index (χ1v) is 16.9. The molecule has 0 unspecified atom stereocenters. The van der Waals surface area contributed by atoms with Crippen molar-refractivity contribution < 1.29 is 33.3 Å². The average Bonchev–Trinajstić information content (AvgIpc) is 3.22. The van der Waals surface area contributed by atoms with Crippen LogP contribution in [-0.4, -0.2) is 24.7 Å². The minimum Gasteiger partial charge on any atom is -0.457 e. The van der Waals surface area contributed by atoms with Crippen LogP contribution in [0.4, 0.5) is 17.1 Å². The zero-order valence-corrected chi connectivity index (χ0v) is 29.2. The van der Waals surface area contributed by atoms with E-state index in [1.54, 1.807) is 24.3 Å². The third-order valence-corrected chi connectivity index (χ3v) is 8.30. The molecule has 6 aromatic rings. The summed E-state index contributed by atoms with van der Waals surface area (Å²) in [6.07, 6.45) is 3.34. The second-order valence-corrected chi connectivity index (χ2v) is 11.7. The summed E-state index contributed by atoms with van der Waals surface area (Å²) in [5, 5.41) is 0. The van der Waals surface area contributed by atoms with Gasteiger partial charge in [-0.25, -0.2) is 14.4 Å². The van der Waals surface area contributed by atoms with Crippen LogP contribution < -0.4 is 19.1 Å². The molecule has 54 heavy (non-hydrogen) atoms. The smallest absolute Gasteiger partial charge is 0.335 e. The van der Waals surface area contributed by atoms with Crippen LogP contribution in [0.3, 0.4) is 0 Å². The third kappa shape index (κ3) is 9.06. The molecule has 0 radical (unpaired) electrons. The van der Waals surface area contributed by atoms with Crippen LogP contribution in [0.2, 0.25) is 0 Å². The van der Waals surface area contributed by atoms with E-state index in [1.165, 1.54) is 0 Å². The summed E-state index contributed by atoms with van der Waals surface area (Å²) in [6.45, 7) is 10.1. The van der Waals surface area contributed by atoms with Gasteiger partial charge in [0.05, 0.1) is 0 Å². The first-order chi connectivity index (χ1) is 26.3. The first-order valence-electron chi connectivity index (χ1n) is 16.9. The number of hydrogen-bond donors (Lipinski definition) is 0. The van der Waals surface area contributed by atoms with Crippen LogP contribution in [0.1, 0.15) is 0 Å². The Morgan fingerprint density at radius 1 is 0.407 bits per heavy atom. The molecule has 0 spiro atoms. The number of hydrogen-bond acceptors (Lipinski definition) is 8. The van der Waals surface area contributed by atoms with Crippen molar-refractivity contribution in [3.05, 3.63) is 184 Å². The summed E-state index contributed by atoms with van der Waals surface area (Å²) in [5.41, 5.74) is 8.79. The average molecular weight is 714 g/mol. The second-order valence-electron chi connectivity index (χ2n) is 11.7. The number of ether oxygens (including phenoxy) is 4. The summed E-state index contributed by atoms with van der Waals surface area (Å²) in [5.74, 6) is -0.101. The highest BCUT2D eigenvalue weighted by atomic mass is 16.7. The lowest BCUT2D eigenvalue weighted by atomic mass is 10.0. The van der Waals surface area contributed by atoms with E-state index in [9.17, 15) is 14.4 Å². The van der Waals surface area contributed by atoms with Gasteiger partial charge in [0.2, 0.25) is 6.79 Å². The largest absolute Gasteiger partial charge is 0.457 e. The van der Waals surface area contributed by atoms with Gasteiger partial charge in [-0.05, 0) is 106 Å². The van der Waals surface area contributed by atoms with Gasteiger partial charge in [-0.3, -0.25) is 0 Å². The van der Waals surface area contributed by atoms with E-state index in [4.69, 9.17) is 18.9 Å². The molecule has 0 fully saturated rings. The standard InChI is InChI=1S/C46H35NO7/c1-4-44(48)52-31-51-41-25-13-35(14-26-41)32-7-19-38(20-8-32)47(39-21-9-33(10-22-39)36-15-27-42(28-16-36)53-45(49)5-2)40-23-11-34(12-24-40)37-17-29-43(30-18-37)54-46(50)6-3/h4-30H,1-3,31H2. The molecule has 0 aliphatic heterocycles. The lowest BCUT2D eigenvalue weighted by molar-refractivity contribution is -0.144. The monoisotopic (exact) mass is 713 g/mol. The van der Waals surface area contributed by atoms with Gasteiger partial charge in [0, 0.05) is 35.3 Å². The van der Waals surface area contributed by atoms with Crippen LogP contribution in [0.5, 0.6) is 17.2 Å². The highest BCUT2D eigenvalue weighted by Crippen LogP contribution is 2.38. The Morgan fingerprint density at radius 2 is 0.685 bits per heavy atom. The molecule has 0 saturated heterocycles. The number of nitrogens with zero attached hydrogens (tertiary/aromatic N) is 1. The van der Waals surface area contributed by atoms with Crippen LogP contribution >= 0.6 is 0 Å². The van der Waals surface area contributed by atoms with Crippen molar-refractivity contribution >= 4 is 35.0 Å². The Morgan fingerprint density at radius 3 is 0.981 bits per heavy atom. The van der Waals surface area contributed by atoms with Gasteiger partial charge in [0.15, 0.2) is 0 Å². The Balaban J connectivity index is 1.26. The summed E-state index contributed by atoms with van der Waals surface area (Å²) in [7, 11) is 0. The van der Waals surface area contributed by atoms with Gasteiger partial charge < -0.3 is 23.8 Å². The highest BCUT2D eigenvalue weighted by molar-refractivity contribution is 5.85. The topological polar surface area (TPSA) is 91.4 Å². The molecule has 0 N–H and O–H groups in total. The molecule has 0 atom stereocenters. The minimum atomic E-state index is -0.548. The molecule has 0 amide bonds. The lowest BCUT2D eigenvalue weighted by Gasteiger charge is -2.26. The molecular weight excluding hydrogens is 679 g/mol. The summed E-state index contributed by atoms with van der Waals surface area (Å²) >= 11 is 0. The number of benzene rings is 6. The van der Waals surface area contributed by atoms with Crippen molar-refractivity contribution in [1.29, 1.82) is 0 Å². The van der Waals surface area contributed by atoms with E-state index in [0.29, 0.717) is 17.2 Å². The van der Waals surface area contributed by atoms with Crippen molar-refractivity contribution in [2.75, 3.05) is 11.7 Å². The minimum absolute atomic E-state index is 0.199. The Hall–Kier alpha value is -7.45. The molecule has 0 bridgehead atoms. The predicted octanol–water partition coefficient (Wildman–Crippen LogP) is 10.4. The number of carbonyl (C=O) groups is 3.